The maximum absolute atomic E-state index is 12.6. The van der Waals surface area contributed by atoms with Crippen molar-refractivity contribution in [2.75, 3.05) is 14.2 Å². The molecule has 0 aliphatic carbocycles. The van der Waals surface area contributed by atoms with Gasteiger partial charge < -0.3 is 14.6 Å². The minimum absolute atomic E-state index is 0.111. The van der Waals surface area contributed by atoms with Crippen LogP contribution in [0.25, 0.3) is 0 Å². The van der Waals surface area contributed by atoms with E-state index in [-0.39, 0.29) is 6.42 Å². The molecule has 0 radical (unpaired) electrons. The van der Waals surface area contributed by atoms with E-state index in [4.69, 9.17) is 14.6 Å². The smallest absolute Gasteiger partial charge is 0.312 e. The third-order valence-electron chi connectivity index (χ3n) is 5.59. The van der Waals surface area contributed by atoms with E-state index in [1.54, 1.807) is 13.8 Å². The molecule has 2 atom stereocenters. The molecule has 0 aromatic carbocycles. The molecule has 0 heterocycles. The molecular weight excluding hydrogens is 336 g/mol. The van der Waals surface area contributed by atoms with Crippen LogP contribution in [-0.4, -0.2) is 37.2 Å². The summed E-state index contributed by atoms with van der Waals surface area (Å²) in [5.41, 5.74) is -1.99. The molecular formula is C20H36O6. The minimum atomic E-state index is -1.01. The van der Waals surface area contributed by atoms with E-state index in [2.05, 4.69) is 6.92 Å². The molecule has 0 spiro atoms. The monoisotopic (exact) mass is 372 g/mol. The van der Waals surface area contributed by atoms with Crippen molar-refractivity contribution in [3.05, 3.63) is 0 Å². The largest absolute Gasteiger partial charge is 0.481 e. The van der Waals surface area contributed by atoms with Crippen LogP contribution < -0.4 is 0 Å². The maximum Gasteiger partial charge on any atom is 0.312 e. The van der Waals surface area contributed by atoms with Gasteiger partial charge in [-0.3, -0.25) is 14.4 Å². The molecule has 0 aliphatic heterocycles. The Kier molecular flexibility index (Phi) is 11.2. The van der Waals surface area contributed by atoms with Crippen molar-refractivity contribution in [1.82, 2.24) is 0 Å². The van der Waals surface area contributed by atoms with E-state index in [9.17, 15) is 14.4 Å². The molecule has 1 N–H and O–H groups in total. The molecule has 0 aromatic rings. The molecule has 0 bridgehead atoms. The van der Waals surface area contributed by atoms with Crippen LogP contribution in [0, 0.1) is 10.8 Å². The number of carboxylic acids is 1. The summed E-state index contributed by atoms with van der Waals surface area (Å²) in [5, 5.41) is 8.74. The van der Waals surface area contributed by atoms with Gasteiger partial charge in [-0.15, -0.1) is 0 Å². The van der Waals surface area contributed by atoms with Gasteiger partial charge in [-0.05, 0) is 33.1 Å². The number of carbonyl (C=O) groups is 3. The van der Waals surface area contributed by atoms with Crippen LogP contribution in [0.5, 0.6) is 0 Å². The third-order valence-corrected chi connectivity index (χ3v) is 5.59. The van der Waals surface area contributed by atoms with E-state index in [0.29, 0.717) is 32.1 Å². The summed E-state index contributed by atoms with van der Waals surface area (Å²) in [5.74, 6) is -1.64. The molecule has 0 rings (SSSR count). The summed E-state index contributed by atoms with van der Waals surface area (Å²) in [6.45, 7) is 5.68. The lowest BCUT2D eigenvalue weighted by molar-refractivity contribution is -0.177. The lowest BCUT2D eigenvalue weighted by Gasteiger charge is -2.42. The first kappa shape index (κ1) is 24.4. The summed E-state index contributed by atoms with van der Waals surface area (Å²) in [4.78, 5) is 35.9. The van der Waals surface area contributed by atoms with Crippen molar-refractivity contribution in [2.45, 2.75) is 85.0 Å². The number of carbonyl (C=O) groups excluding carboxylic acids is 2. The van der Waals surface area contributed by atoms with Gasteiger partial charge in [0.15, 0.2) is 0 Å². The van der Waals surface area contributed by atoms with Gasteiger partial charge in [0.1, 0.15) is 0 Å². The summed E-state index contributed by atoms with van der Waals surface area (Å²) < 4.78 is 10.1. The quantitative estimate of drug-likeness (QED) is 0.360. The number of ether oxygens (including phenoxy) is 2. The second-order valence-corrected chi connectivity index (χ2v) is 7.41. The Morgan fingerprint density at radius 2 is 1.19 bits per heavy atom. The Balaban J connectivity index is 5.30. The highest BCUT2D eigenvalue weighted by molar-refractivity contribution is 5.87. The van der Waals surface area contributed by atoms with Gasteiger partial charge in [-0.25, -0.2) is 0 Å². The van der Waals surface area contributed by atoms with Crippen LogP contribution in [0.4, 0.5) is 0 Å². The maximum atomic E-state index is 12.6. The number of hydrogen-bond acceptors (Lipinski definition) is 5. The first-order valence-electron chi connectivity index (χ1n) is 9.58. The number of hydrogen-bond donors (Lipinski definition) is 1. The first-order chi connectivity index (χ1) is 12.2. The zero-order valence-electron chi connectivity index (χ0n) is 17.1. The zero-order chi connectivity index (χ0) is 20.2. The predicted octanol–water partition coefficient (Wildman–Crippen LogP) is 4.35. The molecule has 152 valence electrons. The molecule has 0 fully saturated rings. The van der Waals surface area contributed by atoms with E-state index in [0.717, 1.165) is 25.7 Å². The van der Waals surface area contributed by atoms with Gasteiger partial charge in [0.05, 0.1) is 25.0 Å². The second-order valence-electron chi connectivity index (χ2n) is 7.41. The Hall–Kier alpha value is -1.59. The van der Waals surface area contributed by atoms with Crippen LogP contribution in [0.2, 0.25) is 0 Å². The van der Waals surface area contributed by atoms with Crippen molar-refractivity contribution in [1.29, 1.82) is 0 Å². The number of esters is 2. The molecule has 0 aliphatic rings. The summed E-state index contributed by atoms with van der Waals surface area (Å²) >= 11 is 0. The van der Waals surface area contributed by atoms with Gasteiger partial charge in [-0.1, -0.05) is 45.4 Å². The average molecular weight is 373 g/mol. The van der Waals surface area contributed by atoms with Crippen molar-refractivity contribution in [3.63, 3.8) is 0 Å². The van der Waals surface area contributed by atoms with Gasteiger partial charge in [0.25, 0.3) is 0 Å². The van der Waals surface area contributed by atoms with Crippen molar-refractivity contribution < 1.29 is 29.0 Å². The summed E-state index contributed by atoms with van der Waals surface area (Å²) in [6.07, 6.45) is 7.03. The SMILES string of the molecule is CCCCCCC(C)(C(=O)OC)C(C)(CCCCCC(=O)O)C(=O)OC. The molecule has 2 unspecified atom stereocenters. The van der Waals surface area contributed by atoms with Crippen LogP contribution in [0.1, 0.15) is 85.0 Å². The molecule has 0 aromatic heterocycles. The molecule has 0 saturated carbocycles. The highest BCUT2D eigenvalue weighted by Crippen LogP contribution is 2.48. The lowest BCUT2D eigenvalue weighted by atomic mass is 9.60. The molecule has 0 saturated heterocycles. The highest BCUT2D eigenvalue weighted by atomic mass is 16.5. The minimum Gasteiger partial charge on any atom is -0.481 e. The van der Waals surface area contributed by atoms with Crippen LogP contribution >= 0.6 is 0 Å². The standard InChI is InChI=1S/C20H36O6/c1-6-7-8-11-14-19(2,17(23)25-4)20(3,18(24)26-5)15-12-9-10-13-16(21)22/h6-15H2,1-5H3,(H,21,22). The number of unbranched alkanes of at least 4 members (excludes halogenated alkanes) is 5. The fourth-order valence-electron chi connectivity index (χ4n) is 3.49. The van der Waals surface area contributed by atoms with E-state index in [1.807, 2.05) is 0 Å². The number of aliphatic carboxylic acids is 1. The van der Waals surface area contributed by atoms with Crippen LogP contribution in [0.3, 0.4) is 0 Å². The summed E-state index contributed by atoms with van der Waals surface area (Å²) in [6, 6.07) is 0. The lowest BCUT2D eigenvalue weighted by Crippen LogP contribution is -2.50. The van der Waals surface area contributed by atoms with E-state index in [1.165, 1.54) is 14.2 Å². The molecule has 0 amide bonds. The summed E-state index contributed by atoms with van der Waals surface area (Å²) in [7, 11) is 2.68. The Morgan fingerprint density at radius 3 is 1.54 bits per heavy atom. The Morgan fingerprint density at radius 1 is 0.769 bits per heavy atom. The van der Waals surface area contributed by atoms with Crippen LogP contribution in [-0.2, 0) is 23.9 Å². The van der Waals surface area contributed by atoms with E-state index < -0.39 is 28.7 Å². The van der Waals surface area contributed by atoms with Crippen molar-refractivity contribution in [2.24, 2.45) is 10.8 Å². The highest BCUT2D eigenvalue weighted by Gasteiger charge is 2.55. The van der Waals surface area contributed by atoms with Gasteiger partial charge >= 0.3 is 17.9 Å². The van der Waals surface area contributed by atoms with Crippen molar-refractivity contribution in [3.8, 4) is 0 Å². The normalized spacial score (nSPS) is 15.6. The topological polar surface area (TPSA) is 89.9 Å². The predicted molar refractivity (Wildman–Crippen MR) is 99.7 cm³/mol. The first-order valence-corrected chi connectivity index (χ1v) is 9.58. The molecule has 26 heavy (non-hydrogen) atoms. The van der Waals surface area contributed by atoms with Crippen molar-refractivity contribution >= 4 is 17.9 Å². The average Bonchev–Trinajstić information content (AvgIpc) is 2.62. The van der Waals surface area contributed by atoms with E-state index >= 15 is 0 Å². The third kappa shape index (κ3) is 6.61. The van der Waals surface area contributed by atoms with Crippen LogP contribution in [0.15, 0.2) is 0 Å². The number of methoxy groups -OCH3 is 2. The number of rotatable bonds is 14. The molecule has 6 heteroatoms. The van der Waals surface area contributed by atoms with Gasteiger partial charge in [0, 0.05) is 6.42 Å². The number of carboxylic acid groups (broad SMARTS) is 1. The van der Waals surface area contributed by atoms with Gasteiger partial charge in [0.2, 0.25) is 0 Å². The second kappa shape index (κ2) is 11.9. The fourth-order valence-corrected chi connectivity index (χ4v) is 3.49. The zero-order valence-corrected chi connectivity index (χ0v) is 17.1. The van der Waals surface area contributed by atoms with Gasteiger partial charge in [-0.2, -0.15) is 0 Å². The fraction of sp³-hybridized carbons (Fsp3) is 0.850. The molecule has 6 nitrogen and oxygen atoms in total. The Labute approximate surface area is 157 Å². The Bertz CT molecular complexity index is 461.